The molecule has 0 amide bonds. The van der Waals surface area contributed by atoms with Crippen molar-refractivity contribution in [2.75, 3.05) is 26.2 Å². The van der Waals surface area contributed by atoms with Crippen molar-refractivity contribution >= 4 is 0 Å². The molecule has 2 nitrogen and oxygen atoms in total. The normalized spacial score (nSPS) is 40.9. The van der Waals surface area contributed by atoms with E-state index in [1.54, 1.807) is 0 Å². The summed E-state index contributed by atoms with van der Waals surface area (Å²) in [5.41, 5.74) is 0. The molecule has 2 saturated heterocycles. The van der Waals surface area contributed by atoms with Crippen LogP contribution in [0.15, 0.2) is 0 Å². The molecule has 92 valence electrons. The molecule has 16 heavy (non-hydrogen) atoms. The molecule has 2 heteroatoms. The summed E-state index contributed by atoms with van der Waals surface area (Å²) < 4.78 is 0. The van der Waals surface area contributed by atoms with E-state index in [9.17, 15) is 0 Å². The van der Waals surface area contributed by atoms with Crippen LogP contribution in [-0.2, 0) is 0 Å². The molecule has 1 N–H and O–H groups in total. The van der Waals surface area contributed by atoms with Gasteiger partial charge in [-0.3, -0.25) is 0 Å². The molecule has 1 aliphatic carbocycles. The lowest BCUT2D eigenvalue weighted by molar-refractivity contribution is 0.0814. The first kappa shape index (κ1) is 11.0. The Morgan fingerprint density at radius 2 is 1.81 bits per heavy atom. The lowest BCUT2D eigenvalue weighted by atomic mass is 9.75. The van der Waals surface area contributed by atoms with Crippen molar-refractivity contribution in [3.8, 4) is 0 Å². The molecule has 0 radical (unpaired) electrons. The van der Waals surface area contributed by atoms with Crippen LogP contribution in [0.25, 0.3) is 0 Å². The molecule has 3 aliphatic rings. The Balaban J connectivity index is 1.50. The first-order valence-electron chi connectivity index (χ1n) is 7.37. The van der Waals surface area contributed by atoms with Gasteiger partial charge in [0.25, 0.3) is 0 Å². The van der Waals surface area contributed by atoms with E-state index in [1.165, 1.54) is 71.1 Å². The number of likely N-dealkylation sites (tertiary alicyclic amines) is 1. The number of hydrogen-bond acceptors (Lipinski definition) is 2. The molecule has 0 spiro atoms. The molecular formula is C14H26N2. The molecule has 2 heterocycles. The summed E-state index contributed by atoms with van der Waals surface area (Å²) in [5, 5.41) is 3.63. The third-order valence-electron chi connectivity index (χ3n) is 5.02. The van der Waals surface area contributed by atoms with Gasteiger partial charge in [0.1, 0.15) is 0 Å². The van der Waals surface area contributed by atoms with Crippen molar-refractivity contribution in [3.05, 3.63) is 0 Å². The second kappa shape index (κ2) is 5.05. The Bertz CT molecular complexity index is 223. The molecule has 1 saturated carbocycles. The average molecular weight is 222 g/mol. The summed E-state index contributed by atoms with van der Waals surface area (Å²) in [6.45, 7) is 5.36. The van der Waals surface area contributed by atoms with Gasteiger partial charge >= 0.3 is 0 Å². The minimum absolute atomic E-state index is 0.806. The van der Waals surface area contributed by atoms with Gasteiger partial charge in [-0.25, -0.2) is 0 Å². The van der Waals surface area contributed by atoms with Crippen LogP contribution in [0.1, 0.15) is 44.9 Å². The topological polar surface area (TPSA) is 15.3 Å². The zero-order chi connectivity index (χ0) is 10.8. The van der Waals surface area contributed by atoms with Crippen molar-refractivity contribution in [1.82, 2.24) is 10.2 Å². The van der Waals surface area contributed by atoms with Crippen molar-refractivity contribution in [1.29, 1.82) is 0 Å². The second-order valence-corrected chi connectivity index (χ2v) is 6.15. The van der Waals surface area contributed by atoms with Crippen LogP contribution in [0.2, 0.25) is 0 Å². The second-order valence-electron chi connectivity index (χ2n) is 6.15. The highest BCUT2D eigenvalue weighted by Gasteiger charge is 2.31. The Hall–Kier alpha value is -0.0800. The number of fused-ring (bicyclic) bond motifs is 1. The van der Waals surface area contributed by atoms with Gasteiger partial charge in [0.05, 0.1) is 0 Å². The van der Waals surface area contributed by atoms with E-state index in [2.05, 4.69) is 10.2 Å². The lowest BCUT2D eigenvalue weighted by Crippen LogP contribution is -2.46. The van der Waals surface area contributed by atoms with Crippen molar-refractivity contribution in [3.63, 3.8) is 0 Å². The number of rotatable bonds is 2. The fraction of sp³-hybridized carbons (Fsp3) is 1.00. The van der Waals surface area contributed by atoms with Gasteiger partial charge < -0.3 is 10.2 Å². The third kappa shape index (κ3) is 2.43. The van der Waals surface area contributed by atoms with E-state index in [-0.39, 0.29) is 0 Å². The lowest BCUT2D eigenvalue weighted by Gasteiger charge is -2.42. The largest absolute Gasteiger partial charge is 0.313 e. The highest BCUT2D eigenvalue weighted by Crippen LogP contribution is 2.36. The van der Waals surface area contributed by atoms with Crippen molar-refractivity contribution in [2.24, 2.45) is 11.8 Å². The van der Waals surface area contributed by atoms with Gasteiger partial charge in [-0.1, -0.05) is 19.3 Å². The molecule has 0 aromatic heterocycles. The molecule has 0 aromatic rings. The van der Waals surface area contributed by atoms with Gasteiger partial charge in [0.15, 0.2) is 0 Å². The minimum Gasteiger partial charge on any atom is -0.313 e. The fourth-order valence-corrected chi connectivity index (χ4v) is 4.07. The van der Waals surface area contributed by atoms with E-state index in [0.717, 1.165) is 17.9 Å². The summed E-state index contributed by atoms with van der Waals surface area (Å²) in [7, 11) is 0. The van der Waals surface area contributed by atoms with E-state index < -0.39 is 0 Å². The first-order valence-corrected chi connectivity index (χ1v) is 7.37. The Morgan fingerprint density at radius 3 is 2.62 bits per heavy atom. The summed E-state index contributed by atoms with van der Waals surface area (Å²) in [6, 6.07) is 0.806. The van der Waals surface area contributed by atoms with Crippen LogP contribution < -0.4 is 5.32 Å². The molecule has 0 aromatic carbocycles. The maximum atomic E-state index is 3.63. The zero-order valence-electron chi connectivity index (χ0n) is 10.5. The number of nitrogens with one attached hydrogen (secondary N) is 1. The van der Waals surface area contributed by atoms with Gasteiger partial charge in [-0.15, -0.1) is 0 Å². The van der Waals surface area contributed by atoms with Crippen LogP contribution in [-0.4, -0.2) is 37.1 Å². The van der Waals surface area contributed by atoms with Crippen LogP contribution in [0.5, 0.6) is 0 Å². The smallest absolute Gasteiger partial charge is 0.0195 e. The SMILES string of the molecule is C1CNC(CN2CCC3CCCCC3C2)C1. The Kier molecular flexibility index (Phi) is 3.49. The van der Waals surface area contributed by atoms with Gasteiger partial charge in [-0.05, 0) is 50.6 Å². The Labute approximate surface area is 99.8 Å². The monoisotopic (exact) mass is 222 g/mol. The number of piperidine rings is 1. The summed E-state index contributed by atoms with van der Waals surface area (Å²) >= 11 is 0. The molecule has 3 unspecified atom stereocenters. The van der Waals surface area contributed by atoms with E-state index >= 15 is 0 Å². The van der Waals surface area contributed by atoms with E-state index in [0.29, 0.717) is 0 Å². The van der Waals surface area contributed by atoms with Crippen LogP contribution in [0, 0.1) is 11.8 Å². The van der Waals surface area contributed by atoms with Gasteiger partial charge in [0, 0.05) is 19.1 Å². The maximum absolute atomic E-state index is 3.63. The molecule has 3 atom stereocenters. The van der Waals surface area contributed by atoms with E-state index in [4.69, 9.17) is 0 Å². The molecular weight excluding hydrogens is 196 g/mol. The number of nitrogens with zero attached hydrogens (tertiary/aromatic N) is 1. The summed E-state index contributed by atoms with van der Waals surface area (Å²) in [6.07, 6.45) is 10.3. The standard InChI is InChI=1S/C14H26N2/c1-2-5-13-10-16(9-7-12(13)4-1)11-14-6-3-8-15-14/h12-15H,1-11H2. The van der Waals surface area contributed by atoms with Crippen LogP contribution >= 0.6 is 0 Å². The Morgan fingerprint density at radius 1 is 0.938 bits per heavy atom. The summed E-state index contributed by atoms with van der Waals surface area (Å²) in [5.74, 6) is 2.13. The fourth-order valence-electron chi connectivity index (χ4n) is 4.07. The molecule has 3 rings (SSSR count). The quantitative estimate of drug-likeness (QED) is 0.771. The molecule has 3 fully saturated rings. The zero-order valence-corrected chi connectivity index (χ0v) is 10.5. The molecule has 0 bridgehead atoms. The van der Waals surface area contributed by atoms with E-state index in [1.807, 2.05) is 0 Å². The minimum atomic E-state index is 0.806. The maximum Gasteiger partial charge on any atom is 0.0195 e. The third-order valence-corrected chi connectivity index (χ3v) is 5.02. The predicted molar refractivity (Wildman–Crippen MR) is 67.5 cm³/mol. The van der Waals surface area contributed by atoms with Crippen LogP contribution in [0.4, 0.5) is 0 Å². The first-order chi connectivity index (χ1) is 7.92. The predicted octanol–water partition coefficient (Wildman–Crippen LogP) is 2.25. The summed E-state index contributed by atoms with van der Waals surface area (Å²) in [4.78, 5) is 2.75. The van der Waals surface area contributed by atoms with Gasteiger partial charge in [0.2, 0.25) is 0 Å². The highest BCUT2D eigenvalue weighted by atomic mass is 15.2. The molecule has 2 aliphatic heterocycles. The van der Waals surface area contributed by atoms with Gasteiger partial charge in [-0.2, -0.15) is 0 Å². The van der Waals surface area contributed by atoms with Crippen LogP contribution in [0.3, 0.4) is 0 Å². The number of hydrogen-bond donors (Lipinski definition) is 1. The highest BCUT2D eigenvalue weighted by molar-refractivity contribution is 4.86. The van der Waals surface area contributed by atoms with Crippen molar-refractivity contribution in [2.45, 2.75) is 51.0 Å². The van der Waals surface area contributed by atoms with Crippen molar-refractivity contribution < 1.29 is 0 Å². The average Bonchev–Trinajstić information content (AvgIpc) is 2.82.